The Morgan fingerprint density at radius 2 is 2.14 bits per heavy atom. The maximum Gasteiger partial charge on any atom is 0.255 e. The van der Waals surface area contributed by atoms with Crippen molar-refractivity contribution in [3.8, 4) is 5.75 Å². The zero-order valence-corrected chi connectivity index (χ0v) is 15.9. The van der Waals surface area contributed by atoms with Crippen molar-refractivity contribution < 1.29 is 9.53 Å². The molecule has 0 aliphatic rings. The van der Waals surface area contributed by atoms with Gasteiger partial charge in [0.15, 0.2) is 0 Å². The van der Waals surface area contributed by atoms with Gasteiger partial charge in [-0.3, -0.25) is 4.79 Å². The smallest absolute Gasteiger partial charge is 0.255 e. The van der Waals surface area contributed by atoms with Gasteiger partial charge in [-0.05, 0) is 31.9 Å². The Morgan fingerprint density at radius 3 is 2.93 bits per heavy atom. The Morgan fingerprint density at radius 1 is 1.32 bits per heavy atom. The van der Waals surface area contributed by atoms with E-state index in [1.807, 2.05) is 18.3 Å². The van der Waals surface area contributed by atoms with Gasteiger partial charge in [-0.2, -0.15) is 0 Å². The highest BCUT2D eigenvalue weighted by molar-refractivity contribution is 5.96. The average Bonchev–Trinajstić information content (AvgIpc) is 3.14. The van der Waals surface area contributed by atoms with Crippen LogP contribution in [0.3, 0.4) is 0 Å². The lowest BCUT2D eigenvalue weighted by atomic mass is 10.2. The van der Waals surface area contributed by atoms with Crippen LogP contribution in [0.2, 0.25) is 0 Å². The summed E-state index contributed by atoms with van der Waals surface area (Å²) in [6, 6.07) is 7.14. The van der Waals surface area contributed by atoms with E-state index in [9.17, 15) is 4.79 Å². The number of aromatic nitrogens is 5. The van der Waals surface area contributed by atoms with Gasteiger partial charge in [-0.25, -0.2) is 14.6 Å². The van der Waals surface area contributed by atoms with E-state index in [0.29, 0.717) is 42.5 Å². The summed E-state index contributed by atoms with van der Waals surface area (Å²) in [6.45, 7) is 2.78. The number of carbonyl (C=O) groups excluding carboxylic acids is 1. The van der Waals surface area contributed by atoms with Crippen molar-refractivity contribution in [3.05, 3.63) is 59.3 Å². The van der Waals surface area contributed by atoms with Crippen molar-refractivity contribution in [3.63, 3.8) is 0 Å². The first-order valence-electron chi connectivity index (χ1n) is 8.95. The molecule has 2 heterocycles. The van der Waals surface area contributed by atoms with Crippen molar-refractivity contribution in [1.29, 1.82) is 0 Å². The number of amides is 1. The van der Waals surface area contributed by atoms with E-state index >= 15 is 0 Å². The number of ether oxygens (including phenoxy) is 1. The summed E-state index contributed by atoms with van der Waals surface area (Å²) in [5.74, 6) is 1.48. The minimum Gasteiger partial charge on any atom is -0.496 e. The molecule has 0 spiro atoms. The molecule has 0 radical (unpaired) electrons. The number of hydrogen-bond acceptors (Lipinski definition) is 7. The zero-order chi connectivity index (χ0) is 19.9. The van der Waals surface area contributed by atoms with Gasteiger partial charge in [0, 0.05) is 24.5 Å². The summed E-state index contributed by atoms with van der Waals surface area (Å²) in [5, 5.41) is 11.2. The Hall–Kier alpha value is -3.49. The van der Waals surface area contributed by atoms with Gasteiger partial charge in [-0.15, -0.1) is 5.10 Å². The summed E-state index contributed by atoms with van der Waals surface area (Å²) in [4.78, 5) is 20.6. The predicted molar refractivity (Wildman–Crippen MR) is 104 cm³/mol. The molecule has 146 valence electrons. The van der Waals surface area contributed by atoms with Crippen LogP contribution in [0.15, 0.2) is 36.7 Å². The van der Waals surface area contributed by atoms with Crippen molar-refractivity contribution >= 4 is 11.7 Å². The van der Waals surface area contributed by atoms with E-state index in [1.165, 1.54) is 0 Å². The van der Waals surface area contributed by atoms with Gasteiger partial charge in [0.1, 0.15) is 17.4 Å². The molecule has 3 N–H and O–H groups in total. The van der Waals surface area contributed by atoms with Crippen molar-refractivity contribution in [2.75, 3.05) is 19.4 Å². The van der Waals surface area contributed by atoms with Crippen molar-refractivity contribution in [1.82, 2.24) is 30.3 Å². The lowest BCUT2D eigenvalue weighted by molar-refractivity contribution is 0.0950. The molecule has 0 bridgehead atoms. The second-order valence-corrected chi connectivity index (χ2v) is 6.29. The number of carbonyl (C=O) groups is 1. The molecule has 9 nitrogen and oxygen atoms in total. The van der Waals surface area contributed by atoms with Gasteiger partial charge < -0.3 is 15.8 Å². The molecule has 0 unspecified atom stereocenters. The number of nitrogens with two attached hydrogens (primary N) is 1. The lowest BCUT2D eigenvalue weighted by Crippen LogP contribution is -2.25. The number of nitrogen functional groups attached to an aromatic ring is 1. The first-order chi connectivity index (χ1) is 13.6. The molecule has 3 aromatic rings. The number of benzene rings is 1. The molecular weight excluding hydrogens is 358 g/mol. The van der Waals surface area contributed by atoms with Gasteiger partial charge in [-0.1, -0.05) is 17.3 Å². The van der Waals surface area contributed by atoms with Crippen LogP contribution in [0.1, 0.15) is 33.9 Å². The zero-order valence-electron chi connectivity index (χ0n) is 15.9. The highest BCUT2D eigenvalue weighted by Crippen LogP contribution is 2.16. The summed E-state index contributed by atoms with van der Waals surface area (Å²) < 4.78 is 6.91. The second-order valence-electron chi connectivity index (χ2n) is 6.29. The van der Waals surface area contributed by atoms with E-state index in [2.05, 4.69) is 25.6 Å². The first kappa shape index (κ1) is 19.3. The first-order valence-corrected chi connectivity index (χ1v) is 8.95. The quantitative estimate of drug-likeness (QED) is 0.565. The molecule has 0 fully saturated rings. The second kappa shape index (κ2) is 8.94. The van der Waals surface area contributed by atoms with Gasteiger partial charge in [0.25, 0.3) is 5.91 Å². The Kier molecular flexibility index (Phi) is 6.15. The molecule has 0 saturated heterocycles. The predicted octanol–water partition coefficient (Wildman–Crippen LogP) is 1.38. The van der Waals surface area contributed by atoms with Crippen LogP contribution in [0.4, 0.5) is 5.82 Å². The number of methoxy groups -OCH3 is 1. The number of rotatable bonds is 8. The molecule has 2 aromatic heterocycles. The van der Waals surface area contributed by atoms with Crippen LogP contribution < -0.4 is 15.8 Å². The highest BCUT2D eigenvalue weighted by Gasteiger charge is 2.11. The Bertz CT molecular complexity index is 955. The monoisotopic (exact) mass is 381 g/mol. The minimum absolute atomic E-state index is 0.157. The molecule has 0 atom stereocenters. The Balaban J connectivity index is 1.47. The Labute approximate surface area is 162 Å². The highest BCUT2D eigenvalue weighted by atomic mass is 16.5. The van der Waals surface area contributed by atoms with Crippen molar-refractivity contribution in [2.45, 2.75) is 26.3 Å². The standard InChI is InChI=1S/C19H23N7O2/c1-13-22-10-14(18(20)23-13)11-26-12-15(24-25-26)6-5-9-21-19(27)16-7-3-4-8-17(16)28-2/h3-4,7-8,10,12H,5-6,9,11H2,1-2H3,(H,21,27)(H2,20,22,23). The fourth-order valence-corrected chi connectivity index (χ4v) is 2.74. The fourth-order valence-electron chi connectivity index (χ4n) is 2.74. The SMILES string of the molecule is COc1ccccc1C(=O)NCCCc1cn(Cc2cnc(C)nc2N)nn1. The molecule has 0 aliphatic carbocycles. The van der Waals surface area contributed by atoms with E-state index in [1.54, 1.807) is 37.0 Å². The number of aryl methyl sites for hydroxylation is 2. The topological polar surface area (TPSA) is 121 Å². The van der Waals surface area contributed by atoms with E-state index in [0.717, 1.165) is 17.7 Å². The van der Waals surface area contributed by atoms with Gasteiger partial charge >= 0.3 is 0 Å². The van der Waals surface area contributed by atoms with E-state index < -0.39 is 0 Å². The molecule has 3 rings (SSSR count). The maximum absolute atomic E-state index is 12.3. The van der Waals surface area contributed by atoms with Crippen LogP contribution in [0, 0.1) is 6.92 Å². The molecule has 9 heteroatoms. The normalized spacial score (nSPS) is 10.6. The molecule has 1 aromatic carbocycles. The summed E-state index contributed by atoms with van der Waals surface area (Å²) in [5.41, 5.74) is 8.07. The third-order valence-corrected chi connectivity index (χ3v) is 4.18. The van der Waals surface area contributed by atoms with Gasteiger partial charge in [0.2, 0.25) is 0 Å². The van der Waals surface area contributed by atoms with Crippen LogP contribution >= 0.6 is 0 Å². The van der Waals surface area contributed by atoms with Crippen LogP contribution in [-0.2, 0) is 13.0 Å². The number of anilines is 1. The third-order valence-electron chi connectivity index (χ3n) is 4.18. The molecule has 1 amide bonds. The summed E-state index contributed by atoms with van der Waals surface area (Å²) >= 11 is 0. The van der Waals surface area contributed by atoms with E-state index in [-0.39, 0.29) is 5.91 Å². The van der Waals surface area contributed by atoms with Gasteiger partial charge in [0.05, 0.1) is 24.9 Å². The van der Waals surface area contributed by atoms with Crippen LogP contribution in [0.5, 0.6) is 5.75 Å². The molecule has 28 heavy (non-hydrogen) atoms. The van der Waals surface area contributed by atoms with Crippen LogP contribution in [-0.4, -0.2) is 44.5 Å². The van der Waals surface area contributed by atoms with Crippen LogP contribution in [0.25, 0.3) is 0 Å². The number of nitrogens with one attached hydrogen (secondary N) is 1. The average molecular weight is 381 g/mol. The lowest BCUT2D eigenvalue weighted by Gasteiger charge is -2.08. The largest absolute Gasteiger partial charge is 0.496 e. The minimum atomic E-state index is -0.157. The van der Waals surface area contributed by atoms with Crippen molar-refractivity contribution in [2.24, 2.45) is 0 Å². The third kappa shape index (κ3) is 4.81. The van der Waals surface area contributed by atoms with E-state index in [4.69, 9.17) is 10.5 Å². The summed E-state index contributed by atoms with van der Waals surface area (Å²) in [7, 11) is 1.55. The number of hydrogen-bond donors (Lipinski definition) is 2. The molecule has 0 saturated carbocycles. The summed E-state index contributed by atoms with van der Waals surface area (Å²) in [6.07, 6.45) is 5.01. The maximum atomic E-state index is 12.3. The molecular formula is C19H23N7O2. The fraction of sp³-hybridized carbons (Fsp3) is 0.316. The molecule has 0 aliphatic heterocycles. The number of para-hydroxylation sites is 1. The number of nitrogens with zero attached hydrogens (tertiary/aromatic N) is 5.